The first-order chi connectivity index (χ1) is 18.6. The van der Waals surface area contributed by atoms with E-state index in [2.05, 4.69) is 20.3 Å². The van der Waals surface area contributed by atoms with E-state index in [1.165, 1.54) is 19.5 Å². The van der Waals surface area contributed by atoms with E-state index in [9.17, 15) is 22.8 Å². The van der Waals surface area contributed by atoms with Crippen molar-refractivity contribution in [2.24, 2.45) is 5.92 Å². The number of aryl methyl sites for hydroxylation is 1. The highest BCUT2D eigenvalue weighted by Crippen LogP contribution is 2.40. The lowest BCUT2D eigenvalue weighted by molar-refractivity contribution is -0.137. The van der Waals surface area contributed by atoms with Crippen LogP contribution in [0.1, 0.15) is 47.8 Å². The number of likely N-dealkylation sites (tertiary alicyclic amines) is 1. The van der Waals surface area contributed by atoms with Crippen LogP contribution in [-0.2, 0) is 15.7 Å². The predicted octanol–water partition coefficient (Wildman–Crippen LogP) is 4.11. The average Bonchev–Trinajstić information content (AvgIpc) is 3.54. The molecule has 1 saturated heterocycles. The molecule has 9 nitrogen and oxygen atoms in total. The first-order valence-electron chi connectivity index (χ1n) is 12.8. The van der Waals surface area contributed by atoms with Gasteiger partial charge in [0.15, 0.2) is 0 Å². The maximum Gasteiger partial charge on any atom is 0.416 e. The van der Waals surface area contributed by atoms with Crippen molar-refractivity contribution in [3.05, 3.63) is 41.3 Å². The fourth-order valence-corrected chi connectivity index (χ4v) is 5.06. The number of amides is 2. The zero-order chi connectivity index (χ0) is 27.9. The summed E-state index contributed by atoms with van der Waals surface area (Å²) in [6.07, 6.45) is -0.687. The van der Waals surface area contributed by atoms with Gasteiger partial charge in [-0.1, -0.05) is 0 Å². The van der Waals surface area contributed by atoms with Gasteiger partial charge in [-0.3, -0.25) is 9.59 Å². The Morgan fingerprint density at radius 1 is 1.23 bits per heavy atom. The number of H-pyrrole nitrogens is 1. The fourth-order valence-electron chi connectivity index (χ4n) is 5.06. The number of halogens is 3. The van der Waals surface area contributed by atoms with Gasteiger partial charge >= 0.3 is 6.18 Å². The quantitative estimate of drug-likeness (QED) is 0.441. The zero-order valence-electron chi connectivity index (χ0n) is 21.9. The number of aromatic nitrogens is 3. The molecule has 0 spiro atoms. The lowest BCUT2D eigenvalue weighted by Gasteiger charge is -2.20. The summed E-state index contributed by atoms with van der Waals surface area (Å²) < 4.78 is 51.7. The molecule has 3 aromatic rings. The van der Waals surface area contributed by atoms with Crippen molar-refractivity contribution in [2.45, 2.75) is 51.4 Å². The molecule has 2 N–H and O–H groups in total. The number of aromatic amines is 1. The number of hydrogen-bond donors (Lipinski definition) is 2. The lowest BCUT2D eigenvalue weighted by atomic mass is 10.0. The Labute approximate surface area is 223 Å². The normalized spacial score (nSPS) is 19.5. The minimum atomic E-state index is -4.55. The van der Waals surface area contributed by atoms with Crippen LogP contribution >= 0.6 is 0 Å². The molecule has 3 heterocycles. The molecule has 12 heteroatoms. The van der Waals surface area contributed by atoms with Crippen molar-refractivity contribution in [2.75, 3.05) is 26.9 Å². The summed E-state index contributed by atoms with van der Waals surface area (Å²) in [5.41, 5.74) is 0.955. The van der Waals surface area contributed by atoms with E-state index in [4.69, 9.17) is 9.47 Å². The summed E-state index contributed by atoms with van der Waals surface area (Å²) in [6, 6.07) is 2.99. The Morgan fingerprint density at radius 2 is 2.00 bits per heavy atom. The van der Waals surface area contributed by atoms with E-state index in [0.717, 1.165) is 25.0 Å². The SMILES string of the molecule is COCC(=O)N1C[C@H](NC(=O)c2c(C)[nH]c3c(-c4cc(C(F)(F)F)ccc4OCC4CC4)ncnc23)C[C@@H]1C. The minimum Gasteiger partial charge on any atom is -0.493 e. The highest BCUT2D eigenvalue weighted by atomic mass is 19.4. The van der Waals surface area contributed by atoms with Crippen LogP contribution in [0.25, 0.3) is 22.3 Å². The number of hydrogen-bond acceptors (Lipinski definition) is 6. The van der Waals surface area contributed by atoms with Crippen molar-refractivity contribution in [3.63, 3.8) is 0 Å². The number of alkyl halides is 3. The Morgan fingerprint density at radius 3 is 2.69 bits per heavy atom. The van der Waals surface area contributed by atoms with Crippen LogP contribution in [0.5, 0.6) is 5.75 Å². The van der Waals surface area contributed by atoms with E-state index >= 15 is 0 Å². The summed E-state index contributed by atoms with van der Waals surface area (Å²) in [5.74, 6) is 0.139. The molecule has 0 bridgehead atoms. The molecule has 0 unspecified atom stereocenters. The van der Waals surface area contributed by atoms with Gasteiger partial charge in [-0.2, -0.15) is 13.2 Å². The standard InChI is InChI=1S/C27H30F3N5O4/c1-14-8-18(10-35(14)21(36)12-38-3)34-26(37)22-15(2)33-25-23(31-13-32-24(22)25)19-9-17(27(28,29)30)6-7-20(19)39-11-16-4-5-16/h6-7,9,13-14,16,18,33H,4-5,8,10-12H2,1-3H3,(H,34,37)/t14-,18+/m0/s1. The topological polar surface area (TPSA) is 109 Å². The highest BCUT2D eigenvalue weighted by Gasteiger charge is 2.35. The number of methoxy groups -OCH3 is 1. The van der Waals surface area contributed by atoms with Gasteiger partial charge in [0.25, 0.3) is 5.91 Å². The van der Waals surface area contributed by atoms with Crippen molar-refractivity contribution in [1.82, 2.24) is 25.2 Å². The molecule has 1 aliphatic carbocycles. The van der Waals surface area contributed by atoms with Gasteiger partial charge in [0, 0.05) is 37.0 Å². The summed E-state index contributed by atoms with van der Waals surface area (Å²) in [6.45, 7) is 4.33. The fraction of sp³-hybridized carbons (Fsp3) is 0.481. The molecule has 208 valence electrons. The number of fused-ring (bicyclic) bond motifs is 1. The molecule has 2 aromatic heterocycles. The van der Waals surface area contributed by atoms with Gasteiger partial charge in [-0.05, 0) is 57.2 Å². The summed E-state index contributed by atoms with van der Waals surface area (Å²) in [4.78, 5) is 39.1. The molecule has 0 radical (unpaired) electrons. The second-order valence-corrected chi connectivity index (χ2v) is 10.3. The molecule has 1 saturated carbocycles. The summed E-state index contributed by atoms with van der Waals surface area (Å²) in [7, 11) is 1.45. The average molecular weight is 546 g/mol. The summed E-state index contributed by atoms with van der Waals surface area (Å²) in [5, 5.41) is 2.98. The van der Waals surface area contributed by atoms with E-state index in [-0.39, 0.29) is 47.2 Å². The monoisotopic (exact) mass is 545 g/mol. The molecule has 2 amide bonds. The van der Waals surface area contributed by atoms with Crippen LogP contribution < -0.4 is 10.1 Å². The Bertz CT molecular complexity index is 1400. The second kappa shape index (κ2) is 10.5. The number of ether oxygens (including phenoxy) is 2. The van der Waals surface area contributed by atoms with Crippen LogP contribution in [-0.4, -0.2) is 70.6 Å². The molecule has 5 rings (SSSR count). The van der Waals surface area contributed by atoms with E-state index in [0.29, 0.717) is 42.2 Å². The largest absolute Gasteiger partial charge is 0.493 e. The number of carbonyl (C=O) groups excluding carboxylic acids is 2. The first kappa shape index (κ1) is 26.9. The van der Waals surface area contributed by atoms with Crippen molar-refractivity contribution < 1.29 is 32.2 Å². The highest BCUT2D eigenvalue weighted by molar-refractivity contribution is 6.09. The van der Waals surface area contributed by atoms with Crippen LogP contribution in [0.2, 0.25) is 0 Å². The molecule has 39 heavy (non-hydrogen) atoms. The Hall–Kier alpha value is -3.67. The molecule has 2 fully saturated rings. The number of nitrogens with one attached hydrogen (secondary N) is 2. The zero-order valence-corrected chi connectivity index (χ0v) is 21.9. The van der Waals surface area contributed by atoms with Gasteiger partial charge in [0.05, 0.1) is 23.3 Å². The smallest absolute Gasteiger partial charge is 0.416 e. The lowest BCUT2D eigenvalue weighted by Crippen LogP contribution is -2.40. The Kier molecular flexibility index (Phi) is 7.23. The van der Waals surface area contributed by atoms with Crippen molar-refractivity contribution >= 4 is 22.8 Å². The van der Waals surface area contributed by atoms with Crippen LogP contribution in [0.3, 0.4) is 0 Å². The Balaban J connectivity index is 1.47. The number of carbonyl (C=O) groups is 2. The molecule has 2 atom stereocenters. The second-order valence-electron chi connectivity index (χ2n) is 10.3. The van der Waals surface area contributed by atoms with Gasteiger partial charge in [-0.15, -0.1) is 0 Å². The number of nitrogens with zero attached hydrogens (tertiary/aromatic N) is 3. The maximum absolute atomic E-state index is 13.6. The molecular weight excluding hydrogens is 515 g/mol. The summed E-state index contributed by atoms with van der Waals surface area (Å²) >= 11 is 0. The molecule has 1 aromatic carbocycles. The van der Waals surface area contributed by atoms with E-state index in [1.54, 1.807) is 11.8 Å². The molecule has 1 aliphatic heterocycles. The van der Waals surface area contributed by atoms with Crippen molar-refractivity contribution in [3.8, 4) is 17.0 Å². The third-order valence-electron chi connectivity index (χ3n) is 7.23. The van der Waals surface area contributed by atoms with Crippen LogP contribution in [0.4, 0.5) is 13.2 Å². The van der Waals surface area contributed by atoms with Gasteiger partial charge in [0.2, 0.25) is 5.91 Å². The predicted molar refractivity (Wildman–Crippen MR) is 136 cm³/mol. The number of benzene rings is 1. The van der Waals surface area contributed by atoms with Gasteiger partial charge in [-0.25, -0.2) is 9.97 Å². The first-order valence-corrected chi connectivity index (χ1v) is 12.8. The van der Waals surface area contributed by atoms with Crippen LogP contribution in [0.15, 0.2) is 24.5 Å². The van der Waals surface area contributed by atoms with Crippen molar-refractivity contribution in [1.29, 1.82) is 0 Å². The van der Waals surface area contributed by atoms with Gasteiger partial charge < -0.3 is 24.7 Å². The van der Waals surface area contributed by atoms with Gasteiger partial charge in [0.1, 0.15) is 29.9 Å². The molecule has 2 aliphatic rings. The number of rotatable bonds is 8. The van der Waals surface area contributed by atoms with Crippen LogP contribution in [0, 0.1) is 12.8 Å². The third-order valence-corrected chi connectivity index (χ3v) is 7.23. The minimum absolute atomic E-state index is 0.0336. The van der Waals surface area contributed by atoms with E-state index < -0.39 is 17.6 Å². The maximum atomic E-state index is 13.6. The molecular formula is C27H30F3N5O4. The third kappa shape index (κ3) is 5.56. The van der Waals surface area contributed by atoms with E-state index in [1.807, 2.05) is 6.92 Å².